The standard InChI is InChI=1S/C38H29F/c1-37(2)32-11-7-5-9-26(32)30-20-28-23(18-34(30)37)17-24-19-35-31(27-10-6-8-12-33(27)38(35,3)4)21-29(24)36(28)22-13-15-25(39)16-14-22/h5-21H,1-4H3. The molecule has 0 N–H and O–H groups in total. The van der Waals surface area contributed by atoms with Crippen LogP contribution < -0.4 is 0 Å². The average molecular weight is 505 g/mol. The van der Waals surface area contributed by atoms with E-state index in [2.05, 4.69) is 107 Å². The second-order valence-electron chi connectivity index (χ2n) is 12.3. The van der Waals surface area contributed by atoms with E-state index in [0.717, 1.165) is 5.56 Å². The largest absolute Gasteiger partial charge is 0.207 e. The smallest absolute Gasteiger partial charge is 0.123 e. The van der Waals surface area contributed by atoms with Crippen molar-refractivity contribution in [3.63, 3.8) is 0 Å². The molecular weight excluding hydrogens is 475 g/mol. The Morgan fingerprint density at radius 1 is 0.462 bits per heavy atom. The highest BCUT2D eigenvalue weighted by atomic mass is 19.1. The average Bonchev–Trinajstić information content (AvgIpc) is 3.30. The number of halogens is 1. The monoisotopic (exact) mass is 504 g/mol. The van der Waals surface area contributed by atoms with Crippen LogP contribution in [-0.4, -0.2) is 0 Å². The third-order valence-corrected chi connectivity index (χ3v) is 9.49. The molecule has 2 aliphatic carbocycles. The van der Waals surface area contributed by atoms with Crippen LogP contribution in [0, 0.1) is 5.82 Å². The molecule has 0 radical (unpaired) electrons. The van der Waals surface area contributed by atoms with Gasteiger partial charge in [-0.3, -0.25) is 0 Å². The molecule has 0 saturated carbocycles. The van der Waals surface area contributed by atoms with Crippen molar-refractivity contribution in [3.05, 3.63) is 131 Å². The number of hydrogen-bond acceptors (Lipinski definition) is 0. The van der Waals surface area contributed by atoms with Gasteiger partial charge in [-0.05, 0) is 120 Å². The Balaban J connectivity index is 1.53. The first-order valence-corrected chi connectivity index (χ1v) is 13.8. The summed E-state index contributed by atoms with van der Waals surface area (Å²) in [5, 5.41) is 4.89. The summed E-state index contributed by atoms with van der Waals surface area (Å²) < 4.78 is 14.1. The lowest BCUT2D eigenvalue weighted by Gasteiger charge is -2.23. The van der Waals surface area contributed by atoms with E-state index < -0.39 is 0 Å². The van der Waals surface area contributed by atoms with Crippen LogP contribution in [0.5, 0.6) is 0 Å². The van der Waals surface area contributed by atoms with Gasteiger partial charge in [0, 0.05) is 10.8 Å². The molecule has 6 aromatic rings. The van der Waals surface area contributed by atoms with Crippen LogP contribution in [0.2, 0.25) is 0 Å². The van der Waals surface area contributed by atoms with Gasteiger partial charge in [-0.25, -0.2) is 4.39 Å². The molecule has 0 bridgehead atoms. The Labute approximate surface area is 228 Å². The molecule has 2 aliphatic rings. The maximum atomic E-state index is 14.1. The second kappa shape index (κ2) is 7.45. The van der Waals surface area contributed by atoms with Gasteiger partial charge in [0.15, 0.2) is 0 Å². The highest BCUT2D eigenvalue weighted by Gasteiger charge is 2.37. The van der Waals surface area contributed by atoms with Crippen LogP contribution >= 0.6 is 0 Å². The zero-order valence-electron chi connectivity index (χ0n) is 22.7. The van der Waals surface area contributed by atoms with Crippen molar-refractivity contribution < 1.29 is 4.39 Å². The SMILES string of the molecule is CC1(C)c2ccccc2-c2cc3c(-c4ccc(F)cc4)c4cc5c(cc4cc3cc21)C(C)(C)c1ccccc1-5. The first-order valence-electron chi connectivity index (χ1n) is 13.8. The van der Waals surface area contributed by atoms with Gasteiger partial charge < -0.3 is 0 Å². The van der Waals surface area contributed by atoms with Crippen LogP contribution in [0.1, 0.15) is 49.9 Å². The van der Waals surface area contributed by atoms with Gasteiger partial charge in [-0.2, -0.15) is 0 Å². The van der Waals surface area contributed by atoms with E-state index in [1.165, 1.54) is 71.6 Å². The predicted molar refractivity (Wildman–Crippen MR) is 162 cm³/mol. The maximum Gasteiger partial charge on any atom is 0.123 e. The van der Waals surface area contributed by atoms with Gasteiger partial charge in [-0.15, -0.1) is 0 Å². The van der Waals surface area contributed by atoms with Gasteiger partial charge in [-0.1, -0.05) is 88.4 Å². The fraction of sp³-hybridized carbons (Fsp3) is 0.158. The summed E-state index contributed by atoms with van der Waals surface area (Å²) in [6.07, 6.45) is 0. The molecule has 188 valence electrons. The Kier molecular flexibility index (Phi) is 4.34. The first kappa shape index (κ1) is 22.7. The van der Waals surface area contributed by atoms with Gasteiger partial charge >= 0.3 is 0 Å². The zero-order chi connectivity index (χ0) is 26.7. The van der Waals surface area contributed by atoms with Crippen molar-refractivity contribution in [3.8, 4) is 33.4 Å². The summed E-state index contributed by atoms with van der Waals surface area (Å²) in [6.45, 7) is 9.33. The molecule has 8 rings (SSSR count). The summed E-state index contributed by atoms with van der Waals surface area (Å²) in [7, 11) is 0. The van der Waals surface area contributed by atoms with E-state index >= 15 is 0 Å². The summed E-state index contributed by atoms with van der Waals surface area (Å²) in [6, 6.07) is 36.6. The van der Waals surface area contributed by atoms with Crippen molar-refractivity contribution in [2.24, 2.45) is 0 Å². The molecular formula is C38H29F. The third-order valence-electron chi connectivity index (χ3n) is 9.49. The fourth-order valence-electron chi connectivity index (χ4n) is 7.44. The number of hydrogen-bond donors (Lipinski definition) is 0. The van der Waals surface area contributed by atoms with Crippen molar-refractivity contribution >= 4 is 21.5 Å². The summed E-state index contributed by atoms with van der Waals surface area (Å²) in [5.74, 6) is -0.212. The van der Waals surface area contributed by atoms with E-state index in [9.17, 15) is 4.39 Å². The topological polar surface area (TPSA) is 0 Å². The van der Waals surface area contributed by atoms with Crippen LogP contribution in [0.4, 0.5) is 4.39 Å². The summed E-state index contributed by atoms with van der Waals surface area (Å²) >= 11 is 0. The van der Waals surface area contributed by atoms with Crippen molar-refractivity contribution in [1.82, 2.24) is 0 Å². The number of fused-ring (bicyclic) bond motifs is 8. The van der Waals surface area contributed by atoms with Crippen molar-refractivity contribution in [1.29, 1.82) is 0 Å². The van der Waals surface area contributed by atoms with Crippen LogP contribution in [0.15, 0.2) is 103 Å². The van der Waals surface area contributed by atoms with E-state index in [1.807, 2.05) is 12.1 Å². The second-order valence-corrected chi connectivity index (χ2v) is 12.3. The molecule has 0 saturated heterocycles. The number of rotatable bonds is 1. The maximum absolute atomic E-state index is 14.1. The predicted octanol–water partition coefficient (Wildman–Crippen LogP) is 10.4. The quantitative estimate of drug-likeness (QED) is 0.195. The molecule has 0 aromatic heterocycles. The highest BCUT2D eigenvalue weighted by Crippen LogP contribution is 2.53. The highest BCUT2D eigenvalue weighted by molar-refractivity contribution is 6.15. The summed E-state index contributed by atoms with van der Waals surface area (Å²) in [4.78, 5) is 0. The minimum Gasteiger partial charge on any atom is -0.207 e. The molecule has 0 amide bonds. The zero-order valence-corrected chi connectivity index (χ0v) is 22.7. The van der Waals surface area contributed by atoms with Gasteiger partial charge in [0.1, 0.15) is 5.82 Å². The van der Waals surface area contributed by atoms with Crippen molar-refractivity contribution in [2.75, 3.05) is 0 Å². The lowest BCUT2D eigenvalue weighted by molar-refractivity contribution is 0.628. The van der Waals surface area contributed by atoms with Gasteiger partial charge in [0.05, 0.1) is 0 Å². The Bertz CT molecular complexity index is 1880. The molecule has 0 nitrogen and oxygen atoms in total. The molecule has 39 heavy (non-hydrogen) atoms. The van der Waals surface area contributed by atoms with Crippen LogP contribution in [-0.2, 0) is 10.8 Å². The fourth-order valence-corrected chi connectivity index (χ4v) is 7.44. The Hall–Kier alpha value is -4.23. The van der Waals surface area contributed by atoms with E-state index in [0.29, 0.717) is 0 Å². The lowest BCUT2D eigenvalue weighted by Crippen LogP contribution is -2.15. The Morgan fingerprint density at radius 2 is 0.923 bits per heavy atom. The molecule has 0 fully saturated rings. The van der Waals surface area contributed by atoms with E-state index in [-0.39, 0.29) is 16.6 Å². The van der Waals surface area contributed by atoms with Crippen LogP contribution in [0.3, 0.4) is 0 Å². The van der Waals surface area contributed by atoms with E-state index in [1.54, 1.807) is 12.1 Å². The minimum absolute atomic E-state index is 0.0628. The number of benzene rings is 6. The minimum atomic E-state index is -0.212. The Morgan fingerprint density at radius 3 is 1.41 bits per heavy atom. The van der Waals surface area contributed by atoms with Gasteiger partial charge in [0.2, 0.25) is 0 Å². The molecule has 0 spiro atoms. The van der Waals surface area contributed by atoms with E-state index in [4.69, 9.17) is 0 Å². The molecule has 0 aliphatic heterocycles. The van der Waals surface area contributed by atoms with Gasteiger partial charge in [0.25, 0.3) is 0 Å². The molecule has 0 unspecified atom stereocenters. The first-order chi connectivity index (χ1) is 18.7. The third kappa shape index (κ3) is 2.93. The van der Waals surface area contributed by atoms with Crippen molar-refractivity contribution in [2.45, 2.75) is 38.5 Å². The normalized spacial score (nSPS) is 15.7. The molecule has 1 heteroatoms. The molecule has 0 heterocycles. The molecule has 6 aromatic carbocycles. The van der Waals surface area contributed by atoms with Crippen LogP contribution in [0.25, 0.3) is 54.9 Å². The molecule has 0 atom stereocenters. The summed E-state index contributed by atoms with van der Waals surface area (Å²) in [5.41, 5.74) is 12.8. The lowest BCUT2D eigenvalue weighted by atomic mass is 9.80.